The number of hydrogen-bond donors (Lipinski definition) is 2. The molecule has 1 aromatic carbocycles. The number of benzene rings is 1. The van der Waals surface area contributed by atoms with Crippen molar-refractivity contribution in [1.29, 1.82) is 0 Å². The molecule has 0 unspecified atom stereocenters. The monoisotopic (exact) mass is 252 g/mol. The Kier molecular flexibility index (Phi) is 4.90. The first-order valence-corrected chi connectivity index (χ1v) is 5.82. The van der Waals surface area contributed by atoms with Crippen LogP contribution in [0.2, 0.25) is 0 Å². The lowest BCUT2D eigenvalue weighted by molar-refractivity contribution is 0.0780. The molecule has 0 saturated heterocycles. The predicted molar refractivity (Wildman–Crippen MR) is 71.1 cm³/mol. The number of hydrogen-bond acceptors (Lipinski definition) is 3. The van der Waals surface area contributed by atoms with E-state index in [0.29, 0.717) is 17.1 Å². The Balaban J connectivity index is 2.83. The van der Waals surface area contributed by atoms with Gasteiger partial charge in [0.1, 0.15) is 5.75 Å². The first-order chi connectivity index (χ1) is 8.04. The molecule has 4 nitrogen and oxygen atoms in total. The number of rotatable bonds is 5. The van der Waals surface area contributed by atoms with Crippen LogP contribution in [0.3, 0.4) is 0 Å². The van der Waals surface area contributed by atoms with E-state index in [2.05, 4.69) is 0 Å². The third-order valence-corrected chi connectivity index (χ3v) is 2.37. The summed E-state index contributed by atoms with van der Waals surface area (Å²) in [5.74, 6) is 0.0117. The summed E-state index contributed by atoms with van der Waals surface area (Å²) < 4.78 is 0. The Hall–Kier alpha value is -1.62. The zero-order chi connectivity index (χ0) is 12.8. The van der Waals surface area contributed by atoms with Crippen LogP contribution in [0.5, 0.6) is 5.75 Å². The number of phenols is 1. The molecule has 0 aliphatic rings. The molecule has 0 radical (unpaired) electrons. The summed E-state index contributed by atoms with van der Waals surface area (Å²) in [6.45, 7) is 2.87. The lowest BCUT2D eigenvalue weighted by Gasteiger charge is -2.21. The molecular formula is C12H16N2O2S. The average molecular weight is 252 g/mol. The smallest absolute Gasteiger partial charge is 0.254 e. The SMILES string of the molecule is CCCN(CC(N)=S)C(=O)c1ccc(O)cc1. The molecule has 1 aromatic rings. The van der Waals surface area contributed by atoms with Crippen molar-refractivity contribution in [3.63, 3.8) is 0 Å². The van der Waals surface area contributed by atoms with Crippen LogP contribution in [-0.4, -0.2) is 34.0 Å². The molecule has 0 aliphatic heterocycles. The van der Waals surface area contributed by atoms with Gasteiger partial charge in [0.15, 0.2) is 0 Å². The molecule has 0 aliphatic carbocycles. The summed E-state index contributed by atoms with van der Waals surface area (Å²) >= 11 is 4.82. The van der Waals surface area contributed by atoms with Gasteiger partial charge in [-0.15, -0.1) is 0 Å². The number of phenolic OH excluding ortho intramolecular Hbond substituents is 1. The topological polar surface area (TPSA) is 66.6 Å². The van der Waals surface area contributed by atoms with Gasteiger partial charge in [-0.3, -0.25) is 4.79 Å². The van der Waals surface area contributed by atoms with Gasteiger partial charge in [0, 0.05) is 12.1 Å². The van der Waals surface area contributed by atoms with Crippen molar-refractivity contribution in [3.8, 4) is 5.75 Å². The molecule has 0 fully saturated rings. The van der Waals surface area contributed by atoms with Crippen LogP contribution in [0.15, 0.2) is 24.3 Å². The van der Waals surface area contributed by atoms with Crippen molar-refractivity contribution < 1.29 is 9.90 Å². The van der Waals surface area contributed by atoms with E-state index in [-0.39, 0.29) is 18.2 Å². The summed E-state index contributed by atoms with van der Waals surface area (Å²) in [5.41, 5.74) is 5.98. The number of aromatic hydroxyl groups is 1. The van der Waals surface area contributed by atoms with Crippen LogP contribution in [-0.2, 0) is 0 Å². The molecule has 0 spiro atoms. The average Bonchev–Trinajstić information content (AvgIpc) is 2.28. The van der Waals surface area contributed by atoms with Crippen molar-refractivity contribution in [2.75, 3.05) is 13.1 Å². The standard InChI is InChI=1S/C12H16N2O2S/c1-2-7-14(8-11(13)17)12(16)9-3-5-10(15)6-4-9/h3-6,15H,2,7-8H2,1H3,(H2,13,17). The maximum atomic E-state index is 12.1. The lowest BCUT2D eigenvalue weighted by Crippen LogP contribution is -2.38. The fourth-order valence-corrected chi connectivity index (χ4v) is 1.65. The summed E-state index contributed by atoms with van der Waals surface area (Å²) in [7, 11) is 0. The summed E-state index contributed by atoms with van der Waals surface area (Å²) in [6.07, 6.45) is 0.840. The molecule has 1 rings (SSSR count). The van der Waals surface area contributed by atoms with Gasteiger partial charge < -0.3 is 15.7 Å². The van der Waals surface area contributed by atoms with Crippen LogP contribution in [0, 0.1) is 0 Å². The Morgan fingerprint density at radius 1 is 1.41 bits per heavy atom. The second-order valence-electron chi connectivity index (χ2n) is 3.74. The van der Waals surface area contributed by atoms with Crippen LogP contribution in [0.25, 0.3) is 0 Å². The number of nitrogens with zero attached hydrogens (tertiary/aromatic N) is 1. The van der Waals surface area contributed by atoms with Gasteiger partial charge in [-0.25, -0.2) is 0 Å². The zero-order valence-electron chi connectivity index (χ0n) is 9.72. The summed E-state index contributed by atoms with van der Waals surface area (Å²) in [6, 6.07) is 6.13. The fourth-order valence-electron chi connectivity index (χ4n) is 1.50. The molecule has 1 amide bonds. The van der Waals surface area contributed by atoms with Crippen LogP contribution in [0.4, 0.5) is 0 Å². The largest absolute Gasteiger partial charge is 0.508 e. The molecule has 92 valence electrons. The van der Waals surface area contributed by atoms with Gasteiger partial charge in [-0.2, -0.15) is 0 Å². The first-order valence-electron chi connectivity index (χ1n) is 5.41. The van der Waals surface area contributed by atoms with Gasteiger partial charge in [0.2, 0.25) is 0 Å². The second-order valence-corrected chi connectivity index (χ2v) is 4.26. The van der Waals surface area contributed by atoms with E-state index in [4.69, 9.17) is 23.1 Å². The molecule has 5 heteroatoms. The molecule has 17 heavy (non-hydrogen) atoms. The second kappa shape index (κ2) is 6.20. The Morgan fingerprint density at radius 3 is 2.47 bits per heavy atom. The molecule has 3 N–H and O–H groups in total. The van der Waals surface area contributed by atoms with Crippen LogP contribution in [0.1, 0.15) is 23.7 Å². The summed E-state index contributed by atoms with van der Waals surface area (Å²) in [5, 5.41) is 9.16. The van der Waals surface area contributed by atoms with E-state index in [1.54, 1.807) is 17.0 Å². The molecule has 0 saturated carbocycles. The van der Waals surface area contributed by atoms with E-state index < -0.39 is 0 Å². The van der Waals surface area contributed by atoms with Crippen LogP contribution >= 0.6 is 12.2 Å². The molecule has 0 atom stereocenters. The Labute approximate surface area is 106 Å². The number of carbonyl (C=O) groups is 1. The van der Waals surface area contributed by atoms with Gasteiger partial charge >= 0.3 is 0 Å². The minimum atomic E-state index is -0.125. The van der Waals surface area contributed by atoms with E-state index >= 15 is 0 Å². The quantitative estimate of drug-likeness (QED) is 0.780. The van der Waals surface area contributed by atoms with Gasteiger partial charge in [-0.1, -0.05) is 19.1 Å². The molecule has 0 aromatic heterocycles. The third-order valence-electron chi connectivity index (χ3n) is 2.24. The van der Waals surface area contributed by atoms with E-state index in [0.717, 1.165) is 6.42 Å². The van der Waals surface area contributed by atoms with E-state index in [1.807, 2.05) is 6.92 Å². The number of nitrogens with two attached hydrogens (primary N) is 1. The summed E-state index contributed by atoms with van der Waals surface area (Å²) in [4.78, 5) is 14.0. The maximum absolute atomic E-state index is 12.1. The molecule has 0 bridgehead atoms. The van der Waals surface area contributed by atoms with Crippen molar-refractivity contribution in [2.45, 2.75) is 13.3 Å². The van der Waals surface area contributed by atoms with Crippen molar-refractivity contribution in [2.24, 2.45) is 5.73 Å². The third kappa shape index (κ3) is 4.03. The van der Waals surface area contributed by atoms with Crippen molar-refractivity contribution in [3.05, 3.63) is 29.8 Å². The highest BCUT2D eigenvalue weighted by Crippen LogP contribution is 2.12. The highest BCUT2D eigenvalue weighted by atomic mass is 32.1. The Morgan fingerprint density at radius 2 is 2.00 bits per heavy atom. The van der Waals surface area contributed by atoms with Crippen molar-refractivity contribution >= 4 is 23.1 Å². The fraction of sp³-hybridized carbons (Fsp3) is 0.333. The van der Waals surface area contributed by atoms with Crippen molar-refractivity contribution in [1.82, 2.24) is 4.90 Å². The first kappa shape index (κ1) is 13.4. The van der Waals surface area contributed by atoms with Gasteiger partial charge in [-0.05, 0) is 30.7 Å². The highest BCUT2D eigenvalue weighted by molar-refractivity contribution is 7.80. The number of carbonyl (C=O) groups excluding carboxylic acids is 1. The molecular weight excluding hydrogens is 236 g/mol. The van der Waals surface area contributed by atoms with E-state index in [1.165, 1.54) is 12.1 Å². The maximum Gasteiger partial charge on any atom is 0.254 e. The minimum Gasteiger partial charge on any atom is -0.508 e. The van der Waals surface area contributed by atoms with Gasteiger partial charge in [0.25, 0.3) is 5.91 Å². The number of amides is 1. The van der Waals surface area contributed by atoms with Gasteiger partial charge in [0.05, 0.1) is 11.5 Å². The van der Waals surface area contributed by atoms with E-state index in [9.17, 15) is 4.79 Å². The number of thiocarbonyl (C=S) groups is 1. The lowest BCUT2D eigenvalue weighted by atomic mass is 10.2. The normalized spacial score (nSPS) is 9.94. The zero-order valence-corrected chi connectivity index (χ0v) is 10.5. The minimum absolute atomic E-state index is 0.125. The molecule has 0 heterocycles. The van der Waals surface area contributed by atoms with Crippen LogP contribution < -0.4 is 5.73 Å². The Bertz CT molecular complexity index is 403. The predicted octanol–water partition coefficient (Wildman–Crippen LogP) is 1.53. The highest BCUT2D eigenvalue weighted by Gasteiger charge is 2.15.